The maximum absolute atomic E-state index is 12.1. The average Bonchev–Trinajstić information content (AvgIpc) is 3.17. The minimum absolute atomic E-state index is 0.0483. The molecular formula is C19H16N4O2S2. The van der Waals surface area contributed by atoms with Crippen molar-refractivity contribution in [3.63, 3.8) is 0 Å². The number of amides is 2. The zero-order valence-electron chi connectivity index (χ0n) is 14.4. The molecule has 0 radical (unpaired) electrons. The van der Waals surface area contributed by atoms with Crippen molar-refractivity contribution in [2.24, 2.45) is 10.7 Å². The molecule has 1 aliphatic heterocycles. The number of anilines is 1. The molecule has 8 heteroatoms. The van der Waals surface area contributed by atoms with Crippen LogP contribution in [0.3, 0.4) is 0 Å². The predicted molar refractivity (Wildman–Crippen MR) is 111 cm³/mol. The molecule has 3 aromatic rings. The van der Waals surface area contributed by atoms with Crippen molar-refractivity contribution in [1.29, 1.82) is 0 Å². The number of carbonyl (C=O) groups is 2. The number of thiazole rings is 1. The zero-order valence-corrected chi connectivity index (χ0v) is 16.1. The molecule has 0 spiro atoms. The van der Waals surface area contributed by atoms with Crippen LogP contribution in [-0.4, -0.2) is 27.2 Å². The summed E-state index contributed by atoms with van der Waals surface area (Å²) in [4.78, 5) is 32.0. The highest BCUT2D eigenvalue weighted by Gasteiger charge is 2.29. The van der Waals surface area contributed by atoms with Crippen LogP contribution in [0.15, 0.2) is 47.5 Å². The minimum Gasteiger partial charge on any atom is -0.378 e. The van der Waals surface area contributed by atoms with Crippen LogP contribution in [0.25, 0.3) is 20.8 Å². The van der Waals surface area contributed by atoms with E-state index in [1.54, 1.807) is 11.3 Å². The summed E-state index contributed by atoms with van der Waals surface area (Å²) < 4.78 is 1.16. The third kappa shape index (κ3) is 3.86. The van der Waals surface area contributed by atoms with E-state index in [1.165, 1.54) is 5.56 Å². The topological polar surface area (TPSA) is 97.4 Å². The van der Waals surface area contributed by atoms with E-state index in [0.29, 0.717) is 5.69 Å². The van der Waals surface area contributed by atoms with Gasteiger partial charge in [-0.1, -0.05) is 17.8 Å². The number of nitrogens with zero attached hydrogens (tertiary/aromatic N) is 2. The first-order valence-electron chi connectivity index (χ1n) is 8.30. The molecule has 2 heterocycles. The van der Waals surface area contributed by atoms with Crippen LogP contribution in [0.1, 0.15) is 12.0 Å². The Bertz CT molecular complexity index is 1070. The number of hydrogen-bond donors (Lipinski definition) is 2. The van der Waals surface area contributed by atoms with Crippen molar-refractivity contribution in [2.45, 2.75) is 18.6 Å². The number of amidine groups is 1. The molecule has 2 aromatic carbocycles. The van der Waals surface area contributed by atoms with Crippen LogP contribution in [0.2, 0.25) is 0 Å². The van der Waals surface area contributed by atoms with Gasteiger partial charge in [0.25, 0.3) is 5.91 Å². The fraction of sp³-hybridized carbons (Fsp3) is 0.158. The maximum atomic E-state index is 12.1. The fourth-order valence-corrected chi connectivity index (χ4v) is 4.66. The van der Waals surface area contributed by atoms with Crippen molar-refractivity contribution < 1.29 is 9.59 Å². The quantitative estimate of drug-likeness (QED) is 0.703. The second-order valence-corrected chi connectivity index (χ2v) is 8.47. The van der Waals surface area contributed by atoms with E-state index in [4.69, 9.17) is 5.73 Å². The molecule has 136 valence electrons. The van der Waals surface area contributed by atoms with E-state index in [9.17, 15) is 9.59 Å². The monoisotopic (exact) mass is 396 g/mol. The molecular weight excluding hydrogens is 380 g/mol. The van der Waals surface area contributed by atoms with Gasteiger partial charge in [0.1, 0.15) is 10.3 Å². The summed E-state index contributed by atoms with van der Waals surface area (Å²) in [6.07, 6.45) is 0.0483. The highest BCUT2D eigenvalue weighted by molar-refractivity contribution is 8.15. The number of benzene rings is 2. The molecule has 6 nitrogen and oxygen atoms in total. The SMILES string of the molecule is Cc1ccc2nc(-c3ccc(NC(=O)CC4SC(N)=NC4=O)cc3)sc2c1. The Kier molecular flexibility index (Phi) is 4.67. The first-order valence-corrected chi connectivity index (χ1v) is 10.00. The highest BCUT2D eigenvalue weighted by Crippen LogP contribution is 2.31. The van der Waals surface area contributed by atoms with E-state index in [1.807, 2.05) is 30.3 Å². The van der Waals surface area contributed by atoms with Crippen LogP contribution < -0.4 is 11.1 Å². The van der Waals surface area contributed by atoms with Crippen LogP contribution in [0.5, 0.6) is 0 Å². The number of thioether (sulfide) groups is 1. The van der Waals surface area contributed by atoms with Gasteiger partial charge in [0, 0.05) is 17.7 Å². The second kappa shape index (κ2) is 7.13. The molecule has 3 N–H and O–H groups in total. The van der Waals surface area contributed by atoms with Crippen LogP contribution in [0.4, 0.5) is 5.69 Å². The van der Waals surface area contributed by atoms with Gasteiger partial charge in [-0.25, -0.2) is 4.98 Å². The predicted octanol–water partition coefficient (Wildman–Crippen LogP) is 3.56. The number of fused-ring (bicyclic) bond motifs is 1. The Morgan fingerprint density at radius 1 is 1.22 bits per heavy atom. The van der Waals surface area contributed by atoms with Gasteiger partial charge in [-0.3, -0.25) is 9.59 Å². The number of nitrogens with one attached hydrogen (secondary N) is 1. The van der Waals surface area contributed by atoms with Crippen LogP contribution in [0, 0.1) is 6.92 Å². The van der Waals surface area contributed by atoms with Crippen molar-refractivity contribution >= 4 is 56.0 Å². The Labute approximate surface area is 163 Å². The van der Waals surface area contributed by atoms with Gasteiger partial charge in [0.05, 0.1) is 10.2 Å². The van der Waals surface area contributed by atoms with Gasteiger partial charge in [0.15, 0.2) is 5.17 Å². The molecule has 1 aromatic heterocycles. The van der Waals surface area contributed by atoms with E-state index in [2.05, 4.69) is 34.3 Å². The Morgan fingerprint density at radius 3 is 2.70 bits per heavy atom. The number of aromatic nitrogens is 1. The number of aliphatic imine (C=N–C) groups is 1. The van der Waals surface area contributed by atoms with E-state index in [0.717, 1.165) is 32.5 Å². The van der Waals surface area contributed by atoms with Crippen LogP contribution >= 0.6 is 23.1 Å². The van der Waals surface area contributed by atoms with Gasteiger partial charge in [-0.2, -0.15) is 4.99 Å². The number of rotatable bonds is 4. The van der Waals surface area contributed by atoms with Gasteiger partial charge in [-0.05, 0) is 48.9 Å². The molecule has 1 atom stereocenters. The third-order valence-corrected chi connectivity index (χ3v) is 6.14. The molecule has 27 heavy (non-hydrogen) atoms. The number of hydrogen-bond acceptors (Lipinski definition) is 6. The molecule has 0 saturated carbocycles. The number of carbonyl (C=O) groups excluding carboxylic acids is 2. The summed E-state index contributed by atoms with van der Waals surface area (Å²) in [5.41, 5.74) is 9.37. The third-order valence-electron chi connectivity index (χ3n) is 4.09. The average molecular weight is 396 g/mol. The standard InChI is InChI=1S/C19H16N4O2S2/c1-10-2-7-13-14(8-10)26-18(22-13)11-3-5-12(6-4-11)21-16(24)9-15-17(25)23-19(20)27-15/h2-8,15H,9H2,1H3,(H,21,24)(H2,20,23,25). The lowest BCUT2D eigenvalue weighted by Crippen LogP contribution is -2.21. The molecule has 0 aliphatic carbocycles. The van der Waals surface area contributed by atoms with E-state index in [-0.39, 0.29) is 23.4 Å². The first kappa shape index (κ1) is 17.7. The summed E-state index contributed by atoms with van der Waals surface area (Å²) in [5, 5.41) is 3.43. The zero-order chi connectivity index (χ0) is 19.0. The lowest BCUT2D eigenvalue weighted by atomic mass is 10.2. The van der Waals surface area contributed by atoms with Gasteiger partial charge in [0.2, 0.25) is 5.91 Å². The molecule has 4 rings (SSSR count). The Hall–Kier alpha value is -2.71. The van der Waals surface area contributed by atoms with Crippen molar-refractivity contribution in [1.82, 2.24) is 4.98 Å². The summed E-state index contributed by atoms with van der Waals surface area (Å²) in [6.45, 7) is 2.06. The second-order valence-electron chi connectivity index (χ2n) is 6.21. The minimum atomic E-state index is -0.532. The summed E-state index contributed by atoms with van der Waals surface area (Å²) in [7, 11) is 0. The van der Waals surface area contributed by atoms with E-state index >= 15 is 0 Å². The van der Waals surface area contributed by atoms with Crippen molar-refractivity contribution in [3.05, 3.63) is 48.0 Å². The number of aryl methyl sites for hydroxylation is 1. The van der Waals surface area contributed by atoms with Gasteiger partial charge >= 0.3 is 0 Å². The van der Waals surface area contributed by atoms with Gasteiger partial charge in [-0.15, -0.1) is 11.3 Å². The van der Waals surface area contributed by atoms with E-state index < -0.39 is 5.25 Å². The lowest BCUT2D eigenvalue weighted by molar-refractivity contribution is -0.121. The summed E-state index contributed by atoms with van der Waals surface area (Å²) in [5.74, 6) is -0.594. The van der Waals surface area contributed by atoms with Crippen molar-refractivity contribution in [3.8, 4) is 10.6 Å². The van der Waals surface area contributed by atoms with Crippen molar-refractivity contribution in [2.75, 3.05) is 5.32 Å². The molecule has 0 fully saturated rings. The molecule has 1 aliphatic rings. The first-order chi connectivity index (χ1) is 13.0. The summed E-state index contributed by atoms with van der Waals surface area (Å²) in [6, 6.07) is 13.7. The largest absolute Gasteiger partial charge is 0.378 e. The normalized spacial score (nSPS) is 16.6. The molecule has 0 saturated heterocycles. The lowest BCUT2D eigenvalue weighted by Gasteiger charge is -2.08. The molecule has 2 amide bonds. The molecule has 0 bridgehead atoms. The van der Waals surface area contributed by atoms with Crippen LogP contribution in [-0.2, 0) is 9.59 Å². The Morgan fingerprint density at radius 2 is 2.00 bits per heavy atom. The highest BCUT2D eigenvalue weighted by atomic mass is 32.2. The Balaban J connectivity index is 1.44. The molecule has 1 unspecified atom stereocenters. The smallest absolute Gasteiger partial charge is 0.262 e. The van der Waals surface area contributed by atoms with Gasteiger partial charge < -0.3 is 11.1 Å². The number of nitrogens with two attached hydrogens (primary N) is 1. The fourth-order valence-electron chi connectivity index (χ4n) is 2.76. The maximum Gasteiger partial charge on any atom is 0.262 e. The summed E-state index contributed by atoms with van der Waals surface area (Å²) >= 11 is 2.77.